The fourth-order valence-electron chi connectivity index (χ4n) is 2.23. The highest BCUT2D eigenvalue weighted by Crippen LogP contribution is 2.17. The van der Waals surface area contributed by atoms with Gasteiger partial charge >= 0.3 is 0 Å². The molecule has 0 fully saturated rings. The number of fused-ring (bicyclic) bond motifs is 1. The van der Waals surface area contributed by atoms with Crippen molar-refractivity contribution >= 4 is 10.9 Å². The van der Waals surface area contributed by atoms with Gasteiger partial charge in [-0.1, -0.05) is 13.0 Å². The lowest BCUT2D eigenvalue weighted by atomic mass is 10.1. The number of benzene rings is 1. The molecule has 0 atom stereocenters. The topological polar surface area (TPSA) is 35.4 Å². The van der Waals surface area contributed by atoms with Gasteiger partial charge in [0.05, 0.1) is 19.8 Å². The quantitative estimate of drug-likeness (QED) is 0.714. The van der Waals surface area contributed by atoms with Gasteiger partial charge in [-0.2, -0.15) is 0 Å². The number of rotatable bonds is 9. The lowest BCUT2D eigenvalue weighted by Crippen LogP contribution is -2.11. The van der Waals surface area contributed by atoms with Crippen LogP contribution in [0.1, 0.15) is 12.5 Å². The third-order valence-electron chi connectivity index (χ3n) is 3.32. The Balaban J connectivity index is 1.94. The Hall–Kier alpha value is -1.36. The van der Waals surface area contributed by atoms with Crippen molar-refractivity contribution in [2.75, 3.05) is 33.5 Å². The van der Waals surface area contributed by atoms with Gasteiger partial charge in [0.2, 0.25) is 0 Å². The predicted octanol–water partition coefficient (Wildman–Crippen LogP) is 2.41. The molecule has 110 valence electrons. The molecule has 0 unspecified atom stereocenters. The van der Waals surface area contributed by atoms with Crippen LogP contribution in [0.15, 0.2) is 30.5 Å². The van der Waals surface area contributed by atoms with Crippen LogP contribution in [0.3, 0.4) is 0 Å². The van der Waals surface area contributed by atoms with Gasteiger partial charge in [-0.3, -0.25) is 0 Å². The Morgan fingerprint density at radius 1 is 1.15 bits per heavy atom. The average molecular weight is 276 g/mol. The molecule has 2 rings (SSSR count). The summed E-state index contributed by atoms with van der Waals surface area (Å²) in [5.74, 6) is 0. The summed E-state index contributed by atoms with van der Waals surface area (Å²) in [4.78, 5) is 0. The van der Waals surface area contributed by atoms with Gasteiger partial charge in [0, 0.05) is 31.9 Å². The summed E-state index contributed by atoms with van der Waals surface area (Å²) in [7, 11) is 1.69. The van der Waals surface area contributed by atoms with Crippen molar-refractivity contribution in [3.8, 4) is 0 Å². The minimum atomic E-state index is 0.653. The van der Waals surface area contributed by atoms with Crippen LogP contribution in [0.2, 0.25) is 0 Å². The monoisotopic (exact) mass is 276 g/mol. The smallest absolute Gasteiger partial charge is 0.0701 e. The molecule has 0 aliphatic carbocycles. The molecule has 1 aromatic carbocycles. The molecule has 0 saturated carbocycles. The Morgan fingerprint density at radius 3 is 2.85 bits per heavy atom. The second-order valence-electron chi connectivity index (χ2n) is 4.79. The Labute approximate surface area is 120 Å². The molecular weight excluding hydrogens is 252 g/mol. The first-order valence-corrected chi connectivity index (χ1v) is 7.20. The third kappa shape index (κ3) is 4.07. The maximum absolute atomic E-state index is 5.52. The largest absolute Gasteiger partial charge is 0.382 e. The minimum Gasteiger partial charge on any atom is -0.382 e. The van der Waals surface area contributed by atoms with Crippen LogP contribution in [0.4, 0.5) is 0 Å². The van der Waals surface area contributed by atoms with Gasteiger partial charge in [-0.25, -0.2) is 0 Å². The summed E-state index contributed by atoms with van der Waals surface area (Å²) in [5, 5.41) is 4.64. The summed E-state index contributed by atoms with van der Waals surface area (Å²) in [6.45, 7) is 6.95. The number of nitrogens with zero attached hydrogens (tertiary/aromatic N) is 1. The maximum Gasteiger partial charge on any atom is 0.0701 e. The molecule has 1 heterocycles. The summed E-state index contributed by atoms with van der Waals surface area (Å²) in [6, 6.07) is 8.80. The molecular formula is C16H24N2O2. The lowest BCUT2D eigenvalue weighted by molar-refractivity contribution is 0.0670. The molecule has 0 spiro atoms. The van der Waals surface area contributed by atoms with E-state index in [2.05, 4.69) is 47.3 Å². The Morgan fingerprint density at radius 2 is 2.05 bits per heavy atom. The van der Waals surface area contributed by atoms with Gasteiger partial charge in [-0.05, 0) is 35.7 Å². The van der Waals surface area contributed by atoms with E-state index < -0.39 is 0 Å². The molecule has 0 saturated heterocycles. The zero-order valence-corrected chi connectivity index (χ0v) is 12.4. The first-order valence-electron chi connectivity index (χ1n) is 7.20. The minimum absolute atomic E-state index is 0.653. The number of hydrogen-bond acceptors (Lipinski definition) is 3. The fourth-order valence-corrected chi connectivity index (χ4v) is 2.23. The predicted molar refractivity (Wildman–Crippen MR) is 82.0 cm³/mol. The molecule has 0 aliphatic rings. The van der Waals surface area contributed by atoms with Crippen molar-refractivity contribution in [1.82, 2.24) is 9.88 Å². The van der Waals surface area contributed by atoms with E-state index in [1.165, 1.54) is 16.5 Å². The number of nitrogens with one attached hydrogen (secondary N) is 1. The number of aromatic nitrogens is 1. The van der Waals surface area contributed by atoms with Crippen LogP contribution >= 0.6 is 0 Å². The highest BCUT2D eigenvalue weighted by Gasteiger charge is 2.02. The van der Waals surface area contributed by atoms with Crippen molar-refractivity contribution in [2.24, 2.45) is 0 Å². The van der Waals surface area contributed by atoms with Crippen LogP contribution in [-0.2, 0) is 22.6 Å². The third-order valence-corrected chi connectivity index (χ3v) is 3.32. The molecule has 4 nitrogen and oxygen atoms in total. The molecule has 4 heteroatoms. The summed E-state index contributed by atoms with van der Waals surface area (Å²) in [5.41, 5.74) is 2.59. The molecule has 2 aromatic rings. The zero-order chi connectivity index (χ0) is 14.2. The second kappa shape index (κ2) is 8.04. The van der Waals surface area contributed by atoms with Crippen molar-refractivity contribution in [2.45, 2.75) is 20.0 Å². The number of ether oxygens (including phenoxy) is 2. The van der Waals surface area contributed by atoms with E-state index in [1.807, 2.05) is 0 Å². The molecule has 1 aromatic heterocycles. The van der Waals surface area contributed by atoms with Gasteiger partial charge < -0.3 is 19.4 Å². The molecule has 1 N–H and O–H groups in total. The van der Waals surface area contributed by atoms with Crippen LogP contribution in [0, 0.1) is 0 Å². The van der Waals surface area contributed by atoms with Crippen LogP contribution in [0.25, 0.3) is 10.9 Å². The van der Waals surface area contributed by atoms with Crippen molar-refractivity contribution in [1.29, 1.82) is 0 Å². The Bertz CT molecular complexity index is 522. The number of methoxy groups -OCH3 is 1. The molecule has 0 amide bonds. The van der Waals surface area contributed by atoms with Crippen LogP contribution < -0.4 is 5.32 Å². The normalized spacial score (nSPS) is 11.3. The van der Waals surface area contributed by atoms with Crippen molar-refractivity contribution in [3.05, 3.63) is 36.0 Å². The van der Waals surface area contributed by atoms with Gasteiger partial charge in [0.25, 0.3) is 0 Å². The highest BCUT2D eigenvalue weighted by molar-refractivity contribution is 5.80. The van der Waals surface area contributed by atoms with Gasteiger partial charge in [0.1, 0.15) is 0 Å². The van der Waals surface area contributed by atoms with E-state index in [1.54, 1.807) is 7.11 Å². The maximum atomic E-state index is 5.52. The standard InChI is InChI=1S/C16H24N2O2/c1-3-17-13-14-4-5-16-15(12-14)6-7-18(16)8-9-20-11-10-19-2/h4-7,12,17H,3,8-11,13H2,1-2H3. The molecule has 20 heavy (non-hydrogen) atoms. The van der Waals surface area contributed by atoms with E-state index in [0.29, 0.717) is 19.8 Å². The van der Waals surface area contributed by atoms with E-state index in [-0.39, 0.29) is 0 Å². The molecule has 0 bridgehead atoms. The van der Waals surface area contributed by atoms with Crippen molar-refractivity contribution < 1.29 is 9.47 Å². The zero-order valence-electron chi connectivity index (χ0n) is 12.4. The summed E-state index contributed by atoms with van der Waals surface area (Å²) in [6.07, 6.45) is 2.13. The van der Waals surface area contributed by atoms with Gasteiger partial charge in [0.15, 0.2) is 0 Å². The van der Waals surface area contributed by atoms with E-state index in [9.17, 15) is 0 Å². The summed E-state index contributed by atoms with van der Waals surface area (Å²) >= 11 is 0. The van der Waals surface area contributed by atoms with E-state index >= 15 is 0 Å². The highest BCUT2D eigenvalue weighted by atomic mass is 16.5. The van der Waals surface area contributed by atoms with Crippen molar-refractivity contribution in [3.63, 3.8) is 0 Å². The number of hydrogen-bond donors (Lipinski definition) is 1. The molecule has 0 aliphatic heterocycles. The van der Waals surface area contributed by atoms with Crippen LogP contribution in [-0.4, -0.2) is 38.0 Å². The second-order valence-corrected chi connectivity index (χ2v) is 4.79. The first-order chi connectivity index (χ1) is 9.85. The fraction of sp³-hybridized carbons (Fsp3) is 0.500. The molecule has 0 radical (unpaired) electrons. The average Bonchev–Trinajstić information content (AvgIpc) is 2.87. The van der Waals surface area contributed by atoms with Gasteiger partial charge in [-0.15, -0.1) is 0 Å². The van der Waals surface area contributed by atoms with E-state index in [0.717, 1.165) is 19.6 Å². The SMILES string of the molecule is CCNCc1ccc2c(ccn2CCOCCOC)c1. The van der Waals surface area contributed by atoms with Crippen LogP contribution in [0.5, 0.6) is 0 Å². The first kappa shape index (κ1) is 15.0. The van der Waals surface area contributed by atoms with E-state index in [4.69, 9.17) is 9.47 Å². The lowest BCUT2D eigenvalue weighted by Gasteiger charge is -2.07. The summed E-state index contributed by atoms with van der Waals surface area (Å²) < 4.78 is 12.7. The Kier molecular flexibility index (Phi) is 6.05.